The van der Waals surface area contributed by atoms with Crippen LogP contribution in [0.5, 0.6) is 0 Å². The monoisotopic (exact) mass is 415 g/mol. The molecule has 0 bridgehead atoms. The fraction of sp³-hybridized carbons (Fsp3) is 0.350. The molecule has 0 unspecified atom stereocenters. The summed E-state index contributed by atoms with van der Waals surface area (Å²) in [7, 11) is -1.52. The van der Waals surface area contributed by atoms with E-state index >= 15 is 0 Å². The second-order valence-corrected chi connectivity index (χ2v) is 9.16. The number of fused-ring (bicyclic) bond motifs is 1. The van der Waals surface area contributed by atoms with Crippen LogP contribution < -0.4 is 15.6 Å². The van der Waals surface area contributed by atoms with Crippen LogP contribution in [0.4, 0.5) is 5.82 Å². The molecule has 0 aliphatic rings. The summed E-state index contributed by atoms with van der Waals surface area (Å²) in [5, 5.41) is 3.72. The van der Waals surface area contributed by atoms with Gasteiger partial charge in [-0.15, -0.1) is 0 Å². The highest BCUT2D eigenvalue weighted by molar-refractivity contribution is 7.88. The lowest BCUT2D eigenvalue weighted by Crippen LogP contribution is -2.24. The Morgan fingerprint density at radius 2 is 1.86 bits per heavy atom. The van der Waals surface area contributed by atoms with E-state index < -0.39 is 10.0 Å². The molecule has 3 rings (SSSR count). The molecule has 29 heavy (non-hydrogen) atoms. The third-order valence-electron chi connectivity index (χ3n) is 4.36. The molecule has 1 aromatic carbocycles. The maximum absolute atomic E-state index is 12.6. The molecule has 2 aromatic heterocycles. The number of pyridine rings is 1. The molecule has 2 N–H and O–H groups in total. The number of anilines is 1. The average molecular weight is 416 g/mol. The lowest BCUT2D eigenvalue weighted by atomic mass is 10.1. The van der Waals surface area contributed by atoms with Crippen LogP contribution in [0.2, 0.25) is 0 Å². The number of hydrogen-bond donors (Lipinski definition) is 2. The van der Waals surface area contributed by atoms with Crippen LogP contribution in [0.15, 0.2) is 41.5 Å². The molecule has 9 heteroatoms. The highest BCUT2D eigenvalue weighted by Gasteiger charge is 2.14. The van der Waals surface area contributed by atoms with Gasteiger partial charge in [0.15, 0.2) is 0 Å². The van der Waals surface area contributed by atoms with Crippen LogP contribution in [0.3, 0.4) is 0 Å². The molecule has 0 saturated carbocycles. The Morgan fingerprint density at radius 1 is 1.17 bits per heavy atom. The highest BCUT2D eigenvalue weighted by atomic mass is 32.2. The predicted molar refractivity (Wildman–Crippen MR) is 116 cm³/mol. The lowest BCUT2D eigenvalue weighted by Gasteiger charge is -2.14. The molecule has 0 radical (unpaired) electrons. The third kappa shape index (κ3) is 5.18. The minimum atomic E-state index is -3.19. The van der Waals surface area contributed by atoms with Crippen LogP contribution in [-0.4, -0.2) is 41.8 Å². The zero-order valence-corrected chi connectivity index (χ0v) is 17.7. The molecule has 0 fully saturated rings. The van der Waals surface area contributed by atoms with Crippen molar-refractivity contribution in [2.75, 3.05) is 18.1 Å². The van der Waals surface area contributed by atoms with Gasteiger partial charge in [0.2, 0.25) is 10.0 Å². The lowest BCUT2D eigenvalue weighted by molar-refractivity contribution is 0.588. The number of benzene rings is 1. The van der Waals surface area contributed by atoms with Gasteiger partial charge in [-0.1, -0.05) is 24.3 Å². The summed E-state index contributed by atoms with van der Waals surface area (Å²) in [6, 6.07) is 9.67. The van der Waals surface area contributed by atoms with E-state index in [9.17, 15) is 13.2 Å². The van der Waals surface area contributed by atoms with Crippen molar-refractivity contribution >= 4 is 26.7 Å². The molecular formula is C20H25N5O3S. The Hall–Kier alpha value is -2.78. The van der Waals surface area contributed by atoms with E-state index in [-0.39, 0.29) is 11.6 Å². The Kier molecular flexibility index (Phi) is 5.99. The number of hydrogen-bond acceptors (Lipinski definition) is 6. The van der Waals surface area contributed by atoms with Gasteiger partial charge in [-0.3, -0.25) is 4.79 Å². The maximum atomic E-state index is 12.6. The SMILES string of the molecule is CC(C)Nc1nc(-c2ccc(CCNS(C)(=O)=O)cc2)cc2ncn(C)c(=O)c12. The van der Waals surface area contributed by atoms with Gasteiger partial charge in [0, 0.05) is 25.2 Å². The topological polar surface area (TPSA) is 106 Å². The zero-order valence-electron chi connectivity index (χ0n) is 16.9. The smallest absolute Gasteiger partial charge is 0.264 e. The largest absolute Gasteiger partial charge is 0.367 e. The van der Waals surface area contributed by atoms with Crippen LogP contribution in [0.25, 0.3) is 22.2 Å². The first-order valence-corrected chi connectivity index (χ1v) is 11.2. The van der Waals surface area contributed by atoms with Crippen molar-refractivity contribution in [2.24, 2.45) is 7.05 Å². The molecule has 154 valence electrons. The van der Waals surface area contributed by atoms with Crippen molar-refractivity contribution in [3.05, 3.63) is 52.6 Å². The fourth-order valence-corrected chi connectivity index (χ4v) is 3.44. The first-order chi connectivity index (χ1) is 13.6. The van der Waals surface area contributed by atoms with Crippen molar-refractivity contribution in [2.45, 2.75) is 26.3 Å². The van der Waals surface area contributed by atoms with Crippen molar-refractivity contribution in [3.63, 3.8) is 0 Å². The summed E-state index contributed by atoms with van der Waals surface area (Å²) in [5.74, 6) is 0.516. The van der Waals surface area contributed by atoms with E-state index in [0.29, 0.717) is 35.4 Å². The van der Waals surface area contributed by atoms with E-state index in [1.807, 2.05) is 44.2 Å². The average Bonchev–Trinajstić information content (AvgIpc) is 2.63. The molecule has 0 spiro atoms. The quantitative estimate of drug-likeness (QED) is 0.611. The standard InChI is InChI=1S/C20H25N5O3S/c1-13(2)23-19-18-17(21-12-25(3)20(18)26)11-16(24-19)15-7-5-14(6-8-15)9-10-22-29(4,27)28/h5-8,11-13,22H,9-10H2,1-4H3,(H,23,24). The summed E-state index contributed by atoms with van der Waals surface area (Å²) in [5.41, 5.74) is 3.05. The summed E-state index contributed by atoms with van der Waals surface area (Å²) < 4.78 is 26.3. The molecule has 0 aliphatic heterocycles. The van der Waals surface area contributed by atoms with Crippen molar-refractivity contribution in [3.8, 4) is 11.3 Å². The number of aromatic nitrogens is 3. The normalized spacial score (nSPS) is 11.9. The van der Waals surface area contributed by atoms with Gasteiger partial charge in [0.1, 0.15) is 11.2 Å². The summed E-state index contributed by atoms with van der Waals surface area (Å²) in [6.07, 6.45) is 3.24. The molecule has 2 heterocycles. The van der Waals surface area contributed by atoms with E-state index in [0.717, 1.165) is 17.4 Å². The van der Waals surface area contributed by atoms with Gasteiger partial charge in [-0.25, -0.2) is 23.1 Å². The number of sulfonamides is 1. The molecular weight excluding hydrogens is 390 g/mol. The fourth-order valence-electron chi connectivity index (χ4n) is 2.97. The van der Waals surface area contributed by atoms with Gasteiger partial charge < -0.3 is 9.88 Å². The van der Waals surface area contributed by atoms with Crippen LogP contribution in [0, 0.1) is 0 Å². The van der Waals surface area contributed by atoms with Crippen molar-refractivity contribution < 1.29 is 8.42 Å². The van der Waals surface area contributed by atoms with Gasteiger partial charge in [-0.05, 0) is 31.9 Å². The van der Waals surface area contributed by atoms with Gasteiger partial charge in [-0.2, -0.15) is 0 Å². The third-order valence-corrected chi connectivity index (χ3v) is 5.08. The highest BCUT2D eigenvalue weighted by Crippen LogP contribution is 2.25. The second-order valence-electron chi connectivity index (χ2n) is 7.32. The summed E-state index contributed by atoms with van der Waals surface area (Å²) >= 11 is 0. The van der Waals surface area contributed by atoms with Gasteiger partial charge in [0.25, 0.3) is 5.56 Å². The minimum Gasteiger partial charge on any atom is -0.367 e. The van der Waals surface area contributed by atoms with Crippen molar-refractivity contribution in [1.82, 2.24) is 19.3 Å². The first kappa shape index (κ1) is 20.9. The first-order valence-electron chi connectivity index (χ1n) is 9.31. The summed E-state index contributed by atoms with van der Waals surface area (Å²) in [6.45, 7) is 4.32. The Balaban J connectivity index is 1.95. The Morgan fingerprint density at radius 3 is 2.48 bits per heavy atom. The van der Waals surface area contributed by atoms with E-state index in [1.54, 1.807) is 7.05 Å². The Labute approximate surface area is 170 Å². The number of rotatable bonds is 7. The maximum Gasteiger partial charge on any atom is 0.264 e. The van der Waals surface area contributed by atoms with Crippen LogP contribution >= 0.6 is 0 Å². The number of nitrogens with zero attached hydrogens (tertiary/aromatic N) is 3. The van der Waals surface area contributed by atoms with Crippen LogP contribution in [-0.2, 0) is 23.5 Å². The minimum absolute atomic E-state index is 0.107. The molecule has 0 aliphatic carbocycles. The van der Waals surface area contributed by atoms with Crippen molar-refractivity contribution in [1.29, 1.82) is 0 Å². The number of aryl methyl sites for hydroxylation is 1. The van der Waals surface area contributed by atoms with Gasteiger partial charge in [0.05, 0.1) is 23.8 Å². The molecule has 0 amide bonds. The zero-order chi connectivity index (χ0) is 21.2. The summed E-state index contributed by atoms with van der Waals surface area (Å²) in [4.78, 5) is 21.7. The second kappa shape index (κ2) is 8.30. The van der Waals surface area contributed by atoms with E-state index in [2.05, 4.69) is 20.0 Å². The number of nitrogens with one attached hydrogen (secondary N) is 2. The van der Waals surface area contributed by atoms with Crippen LogP contribution in [0.1, 0.15) is 19.4 Å². The molecule has 8 nitrogen and oxygen atoms in total. The Bertz CT molecular complexity index is 1190. The molecule has 0 atom stereocenters. The molecule has 0 saturated heterocycles. The van der Waals surface area contributed by atoms with E-state index in [4.69, 9.17) is 0 Å². The van der Waals surface area contributed by atoms with E-state index in [1.165, 1.54) is 10.9 Å². The van der Waals surface area contributed by atoms with Gasteiger partial charge >= 0.3 is 0 Å². The molecule has 3 aromatic rings. The predicted octanol–water partition coefficient (Wildman–Crippen LogP) is 1.91.